The first-order valence-corrected chi connectivity index (χ1v) is 8.71. The van der Waals surface area contributed by atoms with Gasteiger partial charge in [-0.25, -0.2) is 0 Å². The van der Waals surface area contributed by atoms with E-state index in [0.717, 1.165) is 15.7 Å². The summed E-state index contributed by atoms with van der Waals surface area (Å²) in [5.74, 6) is -0.156. The minimum atomic E-state index is -0.481. The molecule has 0 spiro atoms. The van der Waals surface area contributed by atoms with E-state index in [-0.39, 0.29) is 11.8 Å². The van der Waals surface area contributed by atoms with Crippen LogP contribution < -0.4 is 4.90 Å². The highest BCUT2D eigenvalue weighted by atomic mass is 79.9. The number of aryl methyl sites for hydroxylation is 1. The third kappa shape index (κ3) is 3.22. The van der Waals surface area contributed by atoms with E-state index >= 15 is 0 Å². The largest absolute Gasteiger partial charge is 0.325 e. The fourth-order valence-electron chi connectivity index (χ4n) is 2.99. The number of carbonyl (C=O) groups excluding carboxylic acids is 2. The Labute approximate surface area is 150 Å². The van der Waals surface area contributed by atoms with Crippen molar-refractivity contribution in [2.75, 3.05) is 18.0 Å². The van der Waals surface area contributed by atoms with Crippen LogP contribution in [0.15, 0.2) is 53.0 Å². The van der Waals surface area contributed by atoms with Crippen LogP contribution in [0.4, 0.5) is 5.69 Å². The van der Waals surface area contributed by atoms with Gasteiger partial charge in [0, 0.05) is 28.8 Å². The molecule has 1 aliphatic heterocycles. The number of hydrogen-bond donors (Lipinski definition) is 0. The molecule has 1 fully saturated rings. The van der Waals surface area contributed by atoms with Crippen LogP contribution in [0.3, 0.4) is 0 Å². The van der Waals surface area contributed by atoms with Gasteiger partial charge in [0.1, 0.15) is 6.04 Å². The van der Waals surface area contributed by atoms with Crippen molar-refractivity contribution in [2.45, 2.75) is 19.9 Å². The summed E-state index contributed by atoms with van der Waals surface area (Å²) in [6.45, 7) is 4.82. The van der Waals surface area contributed by atoms with E-state index in [0.29, 0.717) is 18.7 Å². The highest BCUT2D eigenvalue weighted by molar-refractivity contribution is 9.10. The summed E-state index contributed by atoms with van der Waals surface area (Å²) in [5, 5.41) is 0. The molecule has 5 heteroatoms. The number of carbonyl (C=O) groups is 2. The lowest BCUT2D eigenvalue weighted by Gasteiger charge is -2.39. The fourth-order valence-corrected chi connectivity index (χ4v) is 3.39. The summed E-state index contributed by atoms with van der Waals surface area (Å²) in [5.41, 5.74) is 2.59. The highest BCUT2D eigenvalue weighted by Crippen LogP contribution is 2.23. The van der Waals surface area contributed by atoms with Crippen molar-refractivity contribution in [1.29, 1.82) is 0 Å². The van der Waals surface area contributed by atoms with Crippen LogP contribution in [0.25, 0.3) is 0 Å². The van der Waals surface area contributed by atoms with Crippen LogP contribution in [0.2, 0.25) is 0 Å². The van der Waals surface area contributed by atoms with Gasteiger partial charge in [0.05, 0.1) is 0 Å². The van der Waals surface area contributed by atoms with Crippen LogP contribution in [0.5, 0.6) is 0 Å². The van der Waals surface area contributed by atoms with Gasteiger partial charge >= 0.3 is 0 Å². The van der Waals surface area contributed by atoms with E-state index in [1.807, 2.05) is 43.3 Å². The Morgan fingerprint density at radius 2 is 1.88 bits per heavy atom. The molecule has 0 aliphatic carbocycles. The lowest BCUT2D eigenvalue weighted by molar-refractivity contribution is -0.124. The summed E-state index contributed by atoms with van der Waals surface area (Å²) in [6.07, 6.45) is 0. The lowest BCUT2D eigenvalue weighted by atomic mass is 10.1. The van der Waals surface area contributed by atoms with Gasteiger partial charge in [0.25, 0.3) is 5.91 Å². The second-order valence-electron chi connectivity index (χ2n) is 6.01. The molecule has 1 saturated heterocycles. The summed E-state index contributed by atoms with van der Waals surface area (Å²) in [6, 6.07) is 14.7. The maximum absolute atomic E-state index is 12.8. The van der Waals surface area contributed by atoms with Crippen molar-refractivity contribution in [3.8, 4) is 0 Å². The molecule has 1 heterocycles. The maximum atomic E-state index is 12.8. The molecule has 0 bridgehead atoms. The third-order valence-corrected chi connectivity index (χ3v) is 4.79. The van der Waals surface area contributed by atoms with Crippen molar-refractivity contribution in [3.05, 3.63) is 64.1 Å². The number of amides is 2. The Morgan fingerprint density at radius 1 is 1.12 bits per heavy atom. The van der Waals surface area contributed by atoms with Gasteiger partial charge in [-0.1, -0.05) is 34.1 Å². The van der Waals surface area contributed by atoms with Crippen LogP contribution in [-0.2, 0) is 4.79 Å². The Morgan fingerprint density at radius 3 is 2.58 bits per heavy atom. The molecule has 0 radical (unpaired) electrons. The van der Waals surface area contributed by atoms with E-state index in [1.54, 1.807) is 28.9 Å². The van der Waals surface area contributed by atoms with Crippen molar-refractivity contribution in [1.82, 2.24) is 4.90 Å². The average Bonchev–Trinajstić information content (AvgIpc) is 2.56. The molecule has 2 aromatic carbocycles. The number of piperazine rings is 1. The fraction of sp³-hybridized carbons (Fsp3) is 0.263. The standard InChI is InChI=1S/C19H19BrN2O2/c1-13-5-3-8-17(11-13)22-10-9-21(14(2)18(22)23)19(24)15-6-4-7-16(20)12-15/h3-8,11-12,14H,9-10H2,1-2H3/t14-/m1/s1. The minimum Gasteiger partial charge on any atom is -0.325 e. The van der Waals surface area contributed by atoms with E-state index in [4.69, 9.17) is 0 Å². The zero-order valence-electron chi connectivity index (χ0n) is 13.7. The third-order valence-electron chi connectivity index (χ3n) is 4.30. The monoisotopic (exact) mass is 386 g/mol. The molecule has 0 saturated carbocycles. The summed E-state index contributed by atoms with van der Waals surface area (Å²) in [7, 11) is 0. The molecule has 1 aliphatic rings. The van der Waals surface area contributed by atoms with E-state index in [9.17, 15) is 9.59 Å². The Bertz CT molecular complexity index is 790. The van der Waals surface area contributed by atoms with Crippen LogP contribution in [0, 0.1) is 6.92 Å². The number of benzene rings is 2. The predicted octanol–water partition coefficient (Wildman–Crippen LogP) is 3.64. The second-order valence-corrected chi connectivity index (χ2v) is 6.93. The smallest absolute Gasteiger partial charge is 0.254 e. The van der Waals surface area contributed by atoms with Gasteiger partial charge in [-0.3, -0.25) is 9.59 Å². The summed E-state index contributed by atoms with van der Waals surface area (Å²) >= 11 is 3.38. The maximum Gasteiger partial charge on any atom is 0.254 e. The molecule has 3 rings (SSSR count). The number of hydrogen-bond acceptors (Lipinski definition) is 2. The molecule has 24 heavy (non-hydrogen) atoms. The zero-order chi connectivity index (χ0) is 17.3. The summed E-state index contributed by atoms with van der Waals surface area (Å²) < 4.78 is 0.853. The second kappa shape index (κ2) is 6.77. The van der Waals surface area contributed by atoms with E-state index in [2.05, 4.69) is 15.9 Å². The van der Waals surface area contributed by atoms with Gasteiger partial charge in [-0.05, 0) is 49.7 Å². The van der Waals surface area contributed by atoms with Gasteiger partial charge in [0.2, 0.25) is 5.91 Å². The van der Waals surface area contributed by atoms with Gasteiger partial charge in [0.15, 0.2) is 0 Å². The molecule has 4 nitrogen and oxygen atoms in total. The molecule has 0 N–H and O–H groups in total. The predicted molar refractivity (Wildman–Crippen MR) is 98.2 cm³/mol. The number of nitrogens with zero attached hydrogens (tertiary/aromatic N) is 2. The first-order valence-electron chi connectivity index (χ1n) is 7.92. The van der Waals surface area contributed by atoms with Crippen molar-refractivity contribution in [3.63, 3.8) is 0 Å². The van der Waals surface area contributed by atoms with Crippen molar-refractivity contribution >= 4 is 33.4 Å². The number of rotatable bonds is 2. The van der Waals surface area contributed by atoms with Crippen LogP contribution in [0.1, 0.15) is 22.8 Å². The van der Waals surface area contributed by atoms with Crippen LogP contribution >= 0.6 is 15.9 Å². The molecule has 0 aromatic heterocycles. The van der Waals surface area contributed by atoms with Gasteiger partial charge < -0.3 is 9.80 Å². The van der Waals surface area contributed by atoms with Crippen molar-refractivity contribution in [2.24, 2.45) is 0 Å². The lowest BCUT2D eigenvalue weighted by Crippen LogP contribution is -2.57. The zero-order valence-corrected chi connectivity index (χ0v) is 15.3. The van der Waals surface area contributed by atoms with E-state index in [1.165, 1.54) is 0 Å². The molecular formula is C19H19BrN2O2. The molecular weight excluding hydrogens is 368 g/mol. The molecule has 1 atom stereocenters. The molecule has 124 valence electrons. The summed E-state index contributed by atoms with van der Waals surface area (Å²) in [4.78, 5) is 28.9. The first kappa shape index (κ1) is 16.7. The number of halogens is 1. The highest BCUT2D eigenvalue weighted by Gasteiger charge is 2.35. The Hall–Kier alpha value is -2.14. The normalized spacial score (nSPS) is 18.0. The quantitative estimate of drug-likeness (QED) is 0.790. The van der Waals surface area contributed by atoms with Gasteiger partial charge in [-0.15, -0.1) is 0 Å². The average molecular weight is 387 g/mol. The SMILES string of the molecule is Cc1cccc(N2CCN(C(=O)c3cccc(Br)c3)[C@H](C)C2=O)c1. The first-order chi connectivity index (χ1) is 11.5. The Balaban J connectivity index is 1.81. The molecule has 0 unspecified atom stereocenters. The molecule has 2 amide bonds. The topological polar surface area (TPSA) is 40.6 Å². The van der Waals surface area contributed by atoms with Crippen molar-refractivity contribution < 1.29 is 9.59 Å². The van der Waals surface area contributed by atoms with Gasteiger partial charge in [-0.2, -0.15) is 0 Å². The van der Waals surface area contributed by atoms with E-state index < -0.39 is 6.04 Å². The Kier molecular flexibility index (Phi) is 4.71. The molecule has 2 aromatic rings. The number of anilines is 1. The minimum absolute atomic E-state index is 0.0461. The van der Waals surface area contributed by atoms with Crippen LogP contribution in [-0.4, -0.2) is 35.8 Å².